The van der Waals surface area contributed by atoms with Crippen LogP contribution in [-0.4, -0.2) is 46.5 Å². The molecule has 1 fully saturated rings. The molecular weight excluding hydrogens is 570 g/mol. The first-order valence-corrected chi connectivity index (χ1v) is 14.2. The fourth-order valence-corrected chi connectivity index (χ4v) is 5.76. The molecule has 2 amide bonds. The number of carbonyl (C=O) groups excluding carboxylic acids is 3. The van der Waals surface area contributed by atoms with Crippen LogP contribution in [0.5, 0.6) is 0 Å². The Labute approximate surface area is 246 Å². The molecule has 1 unspecified atom stereocenters. The zero-order valence-corrected chi connectivity index (χ0v) is 24.0. The van der Waals surface area contributed by atoms with Gasteiger partial charge in [0.05, 0.1) is 47.7 Å². The number of amides is 2. The van der Waals surface area contributed by atoms with E-state index in [1.54, 1.807) is 24.4 Å². The Morgan fingerprint density at radius 1 is 1.19 bits per heavy atom. The summed E-state index contributed by atoms with van der Waals surface area (Å²) in [4.78, 5) is 47.8. The molecule has 0 spiro atoms. The average molecular weight is 601 g/mol. The van der Waals surface area contributed by atoms with Gasteiger partial charge in [-0.15, -0.1) is 0 Å². The number of hydrogen-bond acceptors (Lipinski definition) is 6. The van der Waals surface area contributed by atoms with Crippen molar-refractivity contribution in [3.8, 4) is 11.3 Å². The van der Waals surface area contributed by atoms with Gasteiger partial charge in [-0.25, -0.2) is 18.6 Å². The number of hydrogen-bond donors (Lipinski definition) is 2. The summed E-state index contributed by atoms with van der Waals surface area (Å²) in [5, 5.41) is 2.78. The Bertz CT molecular complexity index is 1510. The van der Waals surface area contributed by atoms with Crippen molar-refractivity contribution in [3.05, 3.63) is 70.1 Å². The number of nitrogens with one attached hydrogen (secondary N) is 2. The monoisotopic (exact) mass is 600 g/mol. The zero-order chi connectivity index (χ0) is 30.0. The molecule has 0 radical (unpaired) electrons. The van der Waals surface area contributed by atoms with Gasteiger partial charge in [-0.1, -0.05) is 37.1 Å². The van der Waals surface area contributed by atoms with Gasteiger partial charge < -0.3 is 19.8 Å². The Morgan fingerprint density at radius 3 is 2.74 bits per heavy atom. The highest BCUT2D eigenvalue weighted by Gasteiger charge is 2.37. The molecule has 1 saturated heterocycles. The lowest BCUT2D eigenvalue weighted by Gasteiger charge is -2.36. The standard InChI is InChI=1S/C30H31ClF2N4O5/c1-3-17-5-4-6-23(37-12-11-24(42-30(37)40)26-20(32)10-9-19(31)27(26)33)28-34-15-22(35-28)18-8-7-16(14-25(38)41-2)13-21(18)36-29(17)39/h7-10,13,15,17,23-24H,3-6,11-12,14H2,1-2H3,(H,34,35)(H,36,39)/t17-,23-,24?/m0/s1. The van der Waals surface area contributed by atoms with Crippen LogP contribution in [0.2, 0.25) is 5.02 Å². The van der Waals surface area contributed by atoms with E-state index in [9.17, 15) is 23.2 Å². The van der Waals surface area contributed by atoms with Gasteiger partial charge in [0.1, 0.15) is 17.7 Å². The highest BCUT2D eigenvalue weighted by Crippen LogP contribution is 2.38. The average Bonchev–Trinajstić information content (AvgIpc) is 3.45. The lowest BCUT2D eigenvalue weighted by atomic mass is 9.94. The second-order valence-corrected chi connectivity index (χ2v) is 10.9. The molecule has 2 aliphatic rings. The Morgan fingerprint density at radius 2 is 2.00 bits per heavy atom. The van der Waals surface area contributed by atoms with E-state index in [1.165, 1.54) is 12.0 Å². The van der Waals surface area contributed by atoms with E-state index in [1.807, 2.05) is 6.92 Å². The van der Waals surface area contributed by atoms with Crippen molar-refractivity contribution in [1.82, 2.24) is 14.9 Å². The van der Waals surface area contributed by atoms with Crippen molar-refractivity contribution in [2.24, 2.45) is 5.92 Å². The van der Waals surface area contributed by atoms with Gasteiger partial charge in [0, 0.05) is 24.4 Å². The fourth-order valence-electron chi connectivity index (χ4n) is 5.59. The van der Waals surface area contributed by atoms with Crippen molar-refractivity contribution >= 4 is 35.3 Å². The minimum Gasteiger partial charge on any atom is -0.469 e. The van der Waals surface area contributed by atoms with E-state index in [0.29, 0.717) is 54.0 Å². The Hall–Kier alpha value is -3.99. The quantitative estimate of drug-likeness (QED) is 0.255. The van der Waals surface area contributed by atoms with Crippen LogP contribution in [0.4, 0.5) is 19.3 Å². The zero-order valence-electron chi connectivity index (χ0n) is 23.2. The van der Waals surface area contributed by atoms with E-state index in [-0.39, 0.29) is 41.8 Å². The molecule has 2 aromatic carbocycles. The van der Waals surface area contributed by atoms with Crippen LogP contribution in [0.1, 0.15) is 68.1 Å². The summed E-state index contributed by atoms with van der Waals surface area (Å²) in [6.45, 7) is 2.11. The highest BCUT2D eigenvalue weighted by atomic mass is 35.5. The van der Waals surface area contributed by atoms with Crippen molar-refractivity contribution in [1.29, 1.82) is 0 Å². The number of H-pyrrole nitrogens is 1. The number of cyclic esters (lactones) is 1. The summed E-state index contributed by atoms with van der Waals surface area (Å²) in [6, 6.07) is 6.96. The number of halogens is 3. The number of benzene rings is 2. The first-order valence-electron chi connectivity index (χ1n) is 13.9. The number of nitrogens with zero attached hydrogens (tertiary/aromatic N) is 2. The molecule has 0 aliphatic carbocycles. The number of aromatic nitrogens is 2. The maximum Gasteiger partial charge on any atom is 0.411 e. The molecular formula is C30H31ClF2N4O5. The number of aromatic amines is 1. The summed E-state index contributed by atoms with van der Waals surface area (Å²) in [6.07, 6.45) is 2.24. The largest absolute Gasteiger partial charge is 0.469 e. The smallest absolute Gasteiger partial charge is 0.411 e. The van der Waals surface area contributed by atoms with Gasteiger partial charge in [-0.2, -0.15) is 0 Å². The van der Waals surface area contributed by atoms with Gasteiger partial charge in [-0.05, 0) is 43.0 Å². The van der Waals surface area contributed by atoms with Crippen molar-refractivity contribution in [2.45, 2.75) is 57.6 Å². The minimum atomic E-state index is -1.12. The summed E-state index contributed by atoms with van der Waals surface area (Å²) in [5.41, 5.74) is 2.11. The molecule has 3 aromatic rings. The lowest BCUT2D eigenvalue weighted by molar-refractivity contribution is -0.139. The van der Waals surface area contributed by atoms with Crippen molar-refractivity contribution < 1.29 is 32.6 Å². The van der Waals surface area contributed by atoms with Crippen LogP contribution in [0.25, 0.3) is 11.3 Å². The van der Waals surface area contributed by atoms with Crippen LogP contribution in [-0.2, 0) is 25.5 Å². The number of rotatable bonds is 5. The predicted molar refractivity (Wildman–Crippen MR) is 151 cm³/mol. The van der Waals surface area contributed by atoms with Crippen molar-refractivity contribution in [3.63, 3.8) is 0 Å². The van der Waals surface area contributed by atoms with Gasteiger partial charge in [0.15, 0.2) is 5.82 Å². The molecule has 5 rings (SSSR count). The normalized spacial score (nSPS) is 21.0. The van der Waals surface area contributed by atoms with E-state index < -0.39 is 35.8 Å². The second-order valence-electron chi connectivity index (χ2n) is 10.5. The van der Waals surface area contributed by atoms with E-state index in [2.05, 4.69) is 15.3 Å². The third-order valence-corrected chi connectivity index (χ3v) is 8.19. The number of imidazole rings is 1. The third-order valence-electron chi connectivity index (χ3n) is 7.90. The molecule has 222 valence electrons. The predicted octanol–water partition coefficient (Wildman–Crippen LogP) is 6.50. The molecule has 1 aromatic heterocycles. The number of carbonyl (C=O) groups is 3. The van der Waals surface area contributed by atoms with Gasteiger partial charge >= 0.3 is 12.1 Å². The van der Waals surface area contributed by atoms with Crippen LogP contribution < -0.4 is 5.32 Å². The van der Waals surface area contributed by atoms with Crippen LogP contribution in [0.3, 0.4) is 0 Å². The SMILES string of the molecule is CC[C@H]1CCC[C@H](N2CCC(c3c(F)ccc(Cl)c3F)OC2=O)c2ncc([nH]2)-c2ccc(CC(=O)OC)cc2NC1=O. The second kappa shape index (κ2) is 12.5. The summed E-state index contributed by atoms with van der Waals surface area (Å²) in [7, 11) is 1.32. The summed E-state index contributed by atoms with van der Waals surface area (Å²) >= 11 is 5.86. The topological polar surface area (TPSA) is 114 Å². The number of fused-ring (bicyclic) bond motifs is 4. The van der Waals surface area contributed by atoms with Crippen LogP contribution >= 0.6 is 11.6 Å². The molecule has 3 atom stereocenters. The Kier molecular flexibility index (Phi) is 8.77. The number of esters is 1. The number of anilines is 1. The first kappa shape index (κ1) is 29.5. The summed E-state index contributed by atoms with van der Waals surface area (Å²) in [5.74, 6) is -2.08. The maximum absolute atomic E-state index is 14.7. The molecule has 12 heteroatoms. The first-order chi connectivity index (χ1) is 20.2. The third kappa shape index (κ3) is 5.97. The van der Waals surface area contributed by atoms with Gasteiger partial charge in [0.2, 0.25) is 5.91 Å². The lowest BCUT2D eigenvalue weighted by Crippen LogP contribution is -2.42. The molecule has 42 heavy (non-hydrogen) atoms. The van der Waals surface area contributed by atoms with Crippen LogP contribution in [0, 0.1) is 17.6 Å². The maximum atomic E-state index is 14.7. The molecule has 9 nitrogen and oxygen atoms in total. The Balaban J connectivity index is 1.46. The van der Waals surface area contributed by atoms with Crippen LogP contribution in [0.15, 0.2) is 36.5 Å². The number of methoxy groups -OCH3 is 1. The fraction of sp³-hybridized carbons (Fsp3) is 0.400. The molecule has 2 aliphatic heterocycles. The molecule has 3 heterocycles. The summed E-state index contributed by atoms with van der Waals surface area (Å²) < 4.78 is 39.5. The molecule has 2 N–H and O–H groups in total. The highest BCUT2D eigenvalue weighted by molar-refractivity contribution is 6.30. The molecule has 2 bridgehead atoms. The molecule has 0 saturated carbocycles. The van der Waals surface area contributed by atoms with E-state index >= 15 is 0 Å². The number of ether oxygens (including phenoxy) is 2. The van der Waals surface area contributed by atoms with Crippen molar-refractivity contribution in [2.75, 3.05) is 19.0 Å². The van der Waals surface area contributed by atoms with E-state index in [4.69, 9.17) is 21.1 Å². The van der Waals surface area contributed by atoms with E-state index in [0.717, 1.165) is 12.1 Å². The minimum absolute atomic E-state index is 0.0498. The van der Waals surface area contributed by atoms with Gasteiger partial charge in [-0.3, -0.25) is 14.5 Å². The van der Waals surface area contributed by atoms with Gasteiger partial charge in [0.25, 0.3) is 0 Å².